The van der Waals surface area contributed by atoms with Crippen molar-refractivity contribution in [2.24, 2.45) is 0 Å². The lowest BCUT2D eigenvalue weighted by Crippen LogP contribution is -2.12. The van der Waals surface area contributed by atoms with Crippen LogP contribution in [-0.4, -0.2) is 11.4 Å². The maximum Gasteiger partial charge on any atom is 0.138 e. The molecular weight excluding hydrogens is 239 g/mol. The zero-order valence-corrected chi connectivity index (χ0v) is 9.10. The highest BCUT2D eigenvalue weighted by Crippen LogP contribution is 2.24. The van der Waals surface area contributed by atoms with Gasteiger partial charge in [0.1, 0.15) is 11.9 Å². The summed E-state index contributed by atoms with van der Waals surface area (Å²) in [5, 5.41) is 1.46. The van der Waals surface area contributed by atoms with Crippen LogP contribution in [0.4, 0.5) is 0 Å². The van der Waals surface area contributed by atoms with Crippen LogP contribution in [0.1, 0.15) is 6.92 Å². The van der Waals surface area contributed by atoms with Crippen molar-refractivity contribution >= 4 is 27.5 Å². The molecule has 1 atom stereocenters. The summed E-state index contributed by atoms with van der Waals surface area (Å²) in [7, 11) is 0. The Balaban J connectivity index is 2.69. The lowest BCUT2D eigenvalue weighted by atomic mass is 10.3. The first kappa shape index (κ1) is 9.87. The van der Waals surface area contributed by atoms with Gasteiger partial charge >= 0.3 is 0 Å². The van der Waals surface area contributed by atoms with Crippen LogP contribution >= 0.6 is 27.5 Å². The molecule has 0 aromatic heterocycles. The summed E-state index contributed by atoms with van der Waals surface area (Å²) in [5.41, 5.74) is 0. The minimum atomic E-state index is 0.143. The van der Waals surface area contributed by atoms with E-state index in [9.17, 15) is 0 Å². The molecule has 0 aliphatic rings. The summed E-state index contributed by atoms with van der Waals surface area (Å²) in [6.45, 7) is 1.98. The summed E-state index contributed by atoms with van der Waals surface area (Å²) in [6, 6.07) is 7.47. The number of rotatable bonds is 3. The molecule has 0 spiro atoms. The largest absolute Gasteiger partial charge is 0.488 e. The topological polar surface area (TPSA) is 9.23 Å². The van der Waals surface area contributed by atoms with E-state index in [0.29, 0.717) is 5.02 Å². The van der Waals surface area contributed by atoms with Gasteiger partial charge in [0, 0.05) is 5.33 Å². The maximum atomic E-state index is 5.88. The van der Waals surface area contributed by atoms with E-state index in [1.165, 1.54) is 0 Å². The first-order valence-electron chi connectivity index (χ1n) is 3.71. The predicted molar refractivity (Wildman–Crippen MR) is 55.3 cm³/mol. The molecule has 0 fully saturated rings. The number of benzene rings is 1. The van der Waals surface area contributed by atoms with Crippen LogP contribution in [0, 0.1) is 0 Å². The van der Waals surface area contributed by atoms with Crippen molar-refractivity contribution < 1.29 is 4.74 Å². The highest BCUT2D eigenvalue weighted by Gasteiger charge is 2.04. The Morgan fingerprint density at radius 3 is 2.75 bits per heavy atom. The summed E-state index contributed by atoms with van der Waals surface area (Å²) in [4.78, 5) is 0. The van der Waals surface area contributed by atoms with E-state index in [1.54, 1.807) is 0 Å². The van der Waals surface area contributed by atoms with Crippen LogP contribution in [0.15, 0.2) is 24.3 Å². The van der Waals surface area contributed by atoms with Gasteiger partial charge in [-0.05, 0) is 19.1 Å². The lowest BCUT2D eigenvalue weighted by molar-refractivity contribution is 0.248. The minimum Gasteiger partial charge on any atom is -0.488 e. The predicted octanol–water partition coefficient (Wildman–Crippen LogP) is 3.50. The van der Waals surface area contributed by atoms with Crippen LogP contribution in [0.3, 0.4) is 0 Å². The van der Waals surface area contributed by atoms with Crippen molar-refractivity contribution in [2.45, 2.75) is 13.0 Å². The molecule has 0 aliphatic carbocycles. The average molecular weight is 250 g/mol. The molecule has 0 saturated carbocycles. The molecule has 12 heavy (non-hydrogen) atoms. The van der Waals surface area contributed by atoms with Gasteiger partial charge in [0.15, 0.2) is 0 Å². The minimum absolute atomic E-state index is 0.143. The Hall–Kier alpha value is -0.210. The Kier molecular flexibility index (Phi) is 3.89. The Morgan fingerprint density at radius 2 is 2.17 bits per heavy atom. The average Bonchev–Trinajstić information content (AvgIpc) is 2.09. The molecule has 0 heterocycles. The zero-order chi connectivity index (χ0) is 8.97. The molecule has 1 aromatic carbocycles. The van der Waals surface area contributed by atoms with Gasteiger partial charge in [-0.3, -0.25) is 0 Å². The van der Waals surface area contributed by atoms with Crippen molar-refractivity contribution in [2.75, 3.05) is 5.33 Å². The van der Waals surface area contributed by atoms with Crippen LogP contribution in [-0.2, 0) is 0 Å². The highest BCUT2D eigenvalue weighted by molar-refractivity contribution is 9.09. The molecule has 0 N–H and O–H groups in total. The van der Waals surface area contributed by atoms with Crippen molar-refractivity contribution in [3.05, 3.63) is 29.3 Å². The third-order valence-electron chi connectivity index (χ3n) is 1.38. The van der Waals surface area contributed by atoms with Gasteiger partial charge < -0.3 is 4.74 Å². The first-order valence-corrected chi connectivity index (χ1v) is 5.21. The SMILES string of the molecule is C[C@@H](CBr)Oc1ccccc1Cl. The van der Waals surface area contributed by atoms with E-state index >= 15 is 0 Å². The van der Waals surface area contributed by atoms with Gasteiger partial charge in [0.25, 0.3) is 0 Å². The van der Waals surface area contributed by atoms with Crippen molar-refractivity contribution in [3.8, 4) is 5.75 Å². The molecule has 1 rings (SSSR count). The maximum absolute atomic E-state index is 5.88. The molecule has 0 unspecified atom stereocenters. The second kappa shape index (κ2) is 4.73. The van der Waals surface area contributed by atoms with Gasteiger partial charge in [-0.25, -0.2) is 0 Å². The van der Waals surface area contributed by atoms with E-state index in [2.05, 4.69) is 15.9 Å². The number of halogens is 2. The smallest absolute Gasteiger partial charge is 0.138 e. The second-order valence-corrected chi connectivity index (χ2v) is 3.57. The van der Waals surface area contributed by atoms with Gasteiger partial charge in [-0.2, -0.15) is 0 Å². The van der Waals surface area contributed by atoms with Crippen LogP contribution in [0.2, 0.25) is 5.02 Å². The number of ether oxygens (including phenoxy) is 1. The quantitative estimate of drug-likeness (QED) is 0.745. The normalized spacial score (nSPS) is 12.6. The van der Waals surface area contributed by atoms with E-state index in [0.717, 1.165) is 11.1 Å². The first-order chi connectivity index (χ1) is 5.74. The van der Waals surface area contributed by atoms with E-state index in [-0.39, 0.29) is 6.10 Å². The van der Waals surface area contributed by atoms with Gasteiger partial charge in [0.2, 0.25) is 0 Å². The number of hydrogen-bond acceptors (Lipinski definition) is 1. The standard InChI is InChI=1S/C9H10BrClO/c1-7(6-10)12-9-5-3-2-4-8(9)11/h2-5,7H,6H2,1H3/t7-/m0/s1. The van der Waals surface area contributed by atoms with Crippen molar-refractivity contribution in [3.63, 3.8) is 0 Å². The Morgan fingerprint density at radius 1 is 1.50 bits per heavy atom. The summed E-state index contributed by atoms with van der Waals surface area (Å²) < 4.78 is 5.52. The van der Waals surface area contributed by atoms with E-state index < -0.39 is 0 Å². The Labute approximate surface area is 85.8 Å². The molecule has 66 valence electrons. The fourth-order valence-electron chi connectivity index (χ4n) is 0.789. The number of hydrogen-bond donors (Lipinski definition) is 0. The van der Waals surface area contributed by atoms with E-state index in [1.807, 2.05) is 31.2 Å². The lowest BCUT2D eigenvalue weighted by Gasteiger charge is -2.12. The van der Waals surface area contributed by atoms with Crippen LogP contribution in [0.25, 0.3) is 0 Å². The monoisotopic (exact) mass is 248 g/mol. The van der Waals surface area contributed by atoms with Crippen LogP contribution in [0.5, 0.6) is 5.75 Å². The molecule has 0 saturated heterocycles. The van der Waals surface area contributed by atoms with Gasteiger partial charge in [-0.15, -0.1) is 0 Å². The fourth-order valence-corrected chi connectivity index (χ4v) is 1.10. The second-order valence-electron chi connectivity index (χ2n) is 2.51. The van der Waals surface area contributed by atoms with Crippen molar-refractivity contribution in [1.29, 1.82) is 0 Å². The number of alkyl halides is 1. The highest BCUT2D eigenvalue weighted by atomic mass is 79.9. The Bertz CT molecular complexity index is 252. The molecule has 1 nitrogen and oxygen atoms in total. The van der Waals surface area contributed by atoms with Gasteiger partial charge in [-0.1, -0.05) is 39.7 Å². The van der Waals surface area contributed by atoms with Crippen molar-refractivity contribution in [1.82, 2.24) is 0 Å². The summed E-state index contributed by atoms with van der Waals surface area (Å²) in [6.07, 6.45) is 0.143. The number of para-hydroxylation sites is 1. The molecular formula is C9H10BrClO. The molecule has 0 aliphatic heterocycles. The molecule has 1 aromatic rings. The third-order valence-corrected chi connectivity index (χ3v) is 2.61. The van der Waals surface area contributed by atoms with Crippen LogP contribution < -0.4 is 4.74 Å². The summed E-state index contributed by atoms with van der Waals surface area (Å²) >= 11 is 9.21. The molecule has 0 bridgehead atoms. The zero-order valence-electron chi connectivity index (χ0n) is 6.76. The fraction of sp³-hybridized carbons (Fsp3) is 0.333. The molecule has 3 heteroatoms. The summed E-state index contributed by atoms with van der Waals surface area (Å²) in [5.74, 6) is 0.742. The van der Waals surface area contributed by atoms with Gasteiger partial charge in [0.05, 0.1) is 5.02 Å². The molecule has 0 radical (unpaired) electrons. The third kappa shape index (κ3) is 2.68. The molecule has 0 amide bonds. The van der Waals surface area contributed by atoms with E-state index in [4.69, 9.17) is 16.3 Å².